The molecule has 0 bridgehead atoms. The van der Waals surface area contributed by atoms with Crippen molar-refractivity contribution in [3.63, 3.8) is 0 Å². The highest BCUT2D eigenvalue weighted by molar-refractivity contribution is 7.06. The second kappa shape index (κ2) is 3.99. The Morgan fingerprint density at radius 3 is 2.85 bits per heavy atom. The Labute approximate surface area is 81.1 Å². The van der Waals surface area contributed by atoms with Crippen molar-refractivity contribution in [1.29, 1.82) is 0 Å². The SMILES string of the molecule is Nc1nnsc1CN1CCNCC1. The summed E-state index contributed by atoms with van der Waals surface area (Å²) in [6.45, 7) is 5.18. The third kappa shape index (κ3) is 2.15. The lowest BCUT2D eigenvalue weighted by Gasteiger charge is -2.26. The number of nitrogens with one attached hydrogen (secondary N) is 1. The van der Waals surface area contributed by atoms with E-state index in [-0.39, 0.29) is 0 Å². The number of nitrogen functional groups attached to an aromatic ring is 1. The lowest BCUT2D eigenvalue weighted by Crippen LogP contribution is -2.42. The monoisotopic (exact) mass is 199 g/mol. The summed E-state index contributed by atoms with van der Waals surface area (Å²) < 4.78 is 3.81. The molecule has 0 unspecified atom stereocenters. The molecule has 0 aliphatic carbocycles. The van der Waals surface area contributed by atoms with Crippen molar-refractivity contribution in [2.24, 2.45) is 0 Å². The third-order valence-electron chi connectivity index (χ3n) is 2.16. The molecule has 0 spiro atoms. The summed E-state index contributed by atoms with van der Waals surface area (Å²) in [7, 11) is 0. The van der Waals surface area contributed by atoms with Gasteiger partial charge in [0.25, 0.3) is 0 Å². The maximum absolute atomic E-state index is 5.65. The lowest BCUT2D eigenvalue weighted by atomic mass is 10.3. The zero-order chi connectivity index (χ0) is 9.10. The molecule has 0 amide bonds. The number of nitrogens with zero attached hydrogens (tertiary/aromatic N) is 3. The minimum Gasteiger partial charge on any atom is -0.381 e. The minimum absolute atomic E-state index is 0.587. The van der Waals surface area contributed by atoms with Crippen LogP contribution in [0.2, 0.25) is 0 Å². The summed E-state index contributed by atoms with van der Waals surface area (Å²) in [5, 5.41) is 7.09. The van der Waals surface area contributed by atoms with Gasteiger partial charge < -0.3 is 11.1 Å². The van der Waals surface area contributed by atoms with Crippen molar-refractivity contribution in [2.45, 2.75) is 6.54 Å². The highest BCUT2D eigenvalue weighted by Crippen LogP contribution is 2.14. The van der Waals surface area contributed by atoms with E-state index in [0.717, 1.165) is 37.6 Å². The van der Waals surface area contributed by atoms with E-state index in [4.69, 9.17) is 5.73 Å². The summed E-state index contributed by atoms with van der Waals surface area (Å²) in [6, 6.07) is 0. The Morgan fingerprint density at radius 2 is 2.23 bits per heavy atom. The van der Waals surface area contributed by atoms with Gasteiger partial charge in [-0.05, 0) is 11.5 Å². The largest absolute Gasteiger partial charge is 0.381 e. The van der Waals surface area contributed by atoms with Crippen LogP contribution in [0.4, 0.5) is 5.82 Å². The summed E-state index contributed by atoms with van der Waals surface area (Å²) in [4.78, 5) is 3.45. The van der Waals surface area contributed by atoms with Crippen LogP contribution in [0.1, 0.15) is 4.88 Å². The molecule has 1 saturated heterocycles. The highest BCUT2D eigenvalue weighted by Gasteiger charge is 2.13. The van der Waals surface area contributed by atoms with E-state index in [2.05, 4.69) is 19.8 Å². The Morgan fingerprint density at radius 1 is 1.46 bits per heavy atom. The zero-order valence-electron chi connectivity index (χ0n) is 7.36. The van der Waals surface area contributed by atoms with Gasteiger partial charge in [-0.15, -0.1) is 5.10 Å². The summed E-state index contributed by atoms with van der Waals surface area (Å²) in [5.74, 6) is 0.587. The van der Waals surface area contributed by atoms with Gasteiger partial charge in [-0.25, -0.2) is 0 Å². The van der Waals surface area contributed by atoms with Crippen LogP contribution < -0.4 is 11.1 Å². The average Bonchev–Trinajstić information content (AvgIpc) is 2.54. The quantitative estimate of drug-likeness (QED) is 0.674. The molecule has 0 saturated carbocycles. The van der Waals surface area contributed by atoms with E-state index in [9.17, 15) is 0 Å². The van der Waals surface area contributed by atoms with Gasteiger partial charge in [0.05, 0.1) is 4.88 Å². The van der Waals surface area contributed by atoms with E-state index < -0.39 is 0 Å². The molecule has 1 aliphatic rings. The third-order valence-corrected chi connectivity index (χ3v) is 2.88. The highest BCUT2D eigenvalue weighted by atomic mass is 32.1. The number of anilines is 1. The Balaban J connectivity index is 1.93. The standard InChI is InChI=1S/C7H13N5S/c8-7-6(13-11-10-7)5-12-3-1-9-2-4-12/h9H,1-5,8H2. The molecule has 1 aromatic heterocycles. The molecule has 2 heterocycles. The molecule has 5 nitrogen and oxygen atoms in total. The predicted octanol–water partition coefficient (Wildman–Crippen LogP) is -0.474. The normalized spacial score (nSPS) is 19.1. The molecule has 0 radical (unpaired) electrons. The van der Waals surface area contributed by atoms with Crippen LogP contribution in [0.15, 0.2) is 0 Å². The average molecular weight is 199 g/mol. The van der Waals surface area contributed by atoms with Gasteiger partial charge in [0.2, 0.25) is 0 Å². The maximum atomic E-state index is 5.65. The molecular weight excluding hydrogens is 186 g/mol. The van der Waals surface area contributed by atoms with Crippen LogP contribution in [-0.4, -0.2) is 40.7 Å². The molecule has 1 aliphatic heterocycles. The molecule has 2 rings (SSSR count). The van der Waals surface area contributed by atoms with E-state index in [1.165, 1.54) is 11.5 Å². The molecule has 13 heavy (non-hydrogen) atoms. The van der Waals surface area contributed by atoms with Crippen molar-refractivity contribution >= 4 is 17.4 Å². The second-order valence-electron chi connectivity index (χ2n) is 3.11. The van der Waals surface area contributed by atoms with Gasteiger partial charge in [0, 0.05) is 32.7 Å². The minimum atomic E-state index is 0.587. The Bertz CT molecular complexity index is 268. The van der Waals surface area contributed by atoms with Crippen LogP contribution >= 0.6 is 11.5 Å². The first-order chi connectivity index (χ1) is 6.36. The summed E-state index contributed by atoms with van der Waals surface area (Å²) in [6.07, 6.45) is 0. The van der Waals surface area contributed by atoms with Crippen molar-refractivity contribution in [3.8, 4) is 0 Å². The Kier molecular flexibility index (Phi) is 2.72. The number of aromatic nitrogens is 2. The maximum Gasteiger partial charge on any atom is 0.163 e. The van der Waals surface area contributed by atoms with Gasteiger partial charge in [0.1, 0.15) is 0 Å². The van der Waals surface area contributed by atoms with Gasteiger partial charge in [-0.1, -0.05) is 4.49 Å². The first-order valence-electron chi connectivity index (χ1n) is 4.36. The lowest BCUT2D eigenvalue weighted by molar-refractivity contribution is 0.235. The zero-order valence-corrected chi connectivity index (χ0v) is 8.18. The second-order valence-corrected chi connectivity index (χ2v) is 3.95. The number of rotatable bonds is 2. The first kappa shape index (κ1) is 8.86. The topological polar surface area (TPSA) is 67.1 Å². The number of hydrogen-bond donors (Lipinski definition) is 2. The smallest absolute Gasteiger partial charge is 0.163 e. The van der Waals surface area contributed by atoms with Crippen molar-refractivity contribution < 1.29 is 0 Å². The van der Waals surface area contributed by atoms with Crippen LogP contribution in [-0.2, 0) is 6.54 Å². The predicted molar refractivity (Wildman–Crippen MR) is 52.5 cm³/mol. The van der Waals surface area contributed by atoms with Crippen LogP contribution in [0.25, 0.3) is 0 Å². The molecule has 6 heteroatoms. The van der Waals surface area contributed by atoms with Gasteiger partial charge in [0.15, 0.2) is 5.82 Å². The van der Waals surface area contributed by atoms with E-state index in [1.54, 1.807) is 0 Å². The molecule has 0 atom stereocenters. The van der Waals surface area contributed by atoms with Crippen LogP contribution in [0, 0.1) is 0 Å². The fourth-order valence-electron chi connectivity index (χ4n) is 1.40. The van der Waals surface area contributed by atoms with E-state index in [1.807, 2.05) is 0 Å². The van der Waals surface area contributed by atoms with Gasteiger partial charge in [-0.2, -0.15) is 0 Å². The number of piperazine rings is 1. The number of hydrogen-bond acceptors (Lipinski definition) is 6. The van der Waals surface area contributed by atoms with Gasteiger partial charge in [-0.3, -0.25) is 4.90 Å². The van der Waals surface area contributed by atoms with E-state index >= 15 is 0 Å². The molecule has 72 valence electrons. The summed E-state index contributed by atoms with van der Waals surface area (Å²) >= 11 is 1.40. The molecular formula is C7H13N5S. The fraction of sp³-hybridized carbons (Fsp3) is 0.714. The van der Waals surface area contributed by atoms with Crippen LogP contribution in [0.3, 0.4) is 0 Å². The summed E-state index contributed by atoms with van der Waals surface area (Å²) in [5.41, 5.74) is 5.65. The van der Waals surface area contributed by atoms with Gasteiger partial charge >= 0.3 is 0 Å². The van der Waals surface area contributed by atoms with E-state index in [0.29, 0.717) is 5.82 Å². The molecule has 1 fully saturated rings. The fourth-order valence-corrected chi connectivity index (χ4v) is 2.00. The Hall–Kier alpha value is -0.720. The molecule has 1 aromatic rings. The molecule has 0 aromatic carbocycles. The first-order valence-corrected chi connectivity index (χ1v) is 5.13. The van der Waals surface area contributed by atoms with Crippen molar-refractivity contribution in [3.05, 3.63) is 4.88 Å². The molecule has 3 N–H and O–H groups in total. The van der Waals surface area contributed by atoms with Crippen molar-refractivity contribution in [2.75, 3.05) is 31.9 Å². The number of nitrogens with two attached hydrogens (primary N) is 1. The van der Waals surface area contributed by atoms with Crippen LogP contribution in [0.5, 0.6) is 0 Å². The van der Waals surface area contributed by atoms with Crippen molar-refractivity contribution in [1.82, 2.24) is 19.8 Å².